The quantitative estimate of drug-likeness (QED) is 0.171. The Morgan fingerprint density at radius 2 is 0.929 bits per heavy atom. The molecule has 0 N–H and O–H groups in total. The maximum Gasteiger partial charge on any atom is 0.143 e. The van der Waals surface area contributed by atoms with Crippen molar-refractivity contribution in [3.8, 4) is 33.4 Å². The smallest absolute Gasteiger partial charge is 0.143 e. The summed E-state index contributed by atoms with van der Waals surface area (Å²) in [6.07, 6.45) is 0. The summed E-state index contributed by atoms with van der Waals surface area (Å²) < 4.78 is 6.53. The Morgan fingerprint density at radius 3 is 1.77 bits per heavy atom. The van der Waals surface area contributed by atoms with Crippen LogP contribution in [0, 0.1) is 0 Å². The van der Waals surface area contributed by atoms with Crippen LogP contribution >= 0.6 is 0 Å². The molecule has 2 heteroatoms. The molecule has 0 aliphatic heterocycles. The van der Waals surface area contributed by atoms with E-state index in [0.29, 0.717) is 0 Å². The van der Waals surface area contributed by atoms with Crippen molar-refractivity contribution in [2.75, 3.05) is 4.90 Å². The third kappa shape index (κ3) is 5.26. The summed E-state index contributed by atoms with van der Waals surface area (Å²) in [5.41, 5.74) is 12.2. The maximum absolute atomic E-state index is 6.53. The summed E-state index contributed by atoms with van der Waals surface area (Å²) in [5, 5.41) is 9.60. The Balaban J connectivity index is 1.05. The minimum absolute atomic E-state index is 0.907. The fraction of sp³-hybridized carbons (Fsp3) is 0. The second-order valence-corrected chi connectivity index (χ2v) is 14.4. The number of rotatable bonds is 6. The molecule has 0 spiro atoms. The summed E-state index contributed by atoms with van der Waals surface area (Å²) in [6, 6.07) is 76.4. The van der Waals surface area contributed by atoms with E-state index in [2.05, 4.69) is 211 Å². The lowest BCUT2D eigenvalue weighted by Gasteiger charge is -2.27. The zero-order chi connectivity index (χ0) is 37.0. The first-order valence-corrected chi connectivity index (χ1v) is 19.2. The number of anilines is 3. The van der Waals surface area contributed by atoms with Gasteiger partial charge in [0.1, 0.15) is 11.2 Å². The van der Waals surface area contributed by atoms with Gasteiger partial charge in [0.2, 0.25) is 0 Å². The molecule has 0 unspecified atom stereocenters. The van der Waals surface area contributed by atoms with Gasteiger partial charge in [0.05, 0.1) is 5.69 Å². The van der Waals surface area contributed by atoms with E-state index >= 15 is 0 Å². The standard InChI is InChI=1S/C54H35NO/c1-2-17-41(18-3-1)55(51-34-33-43(45-19-6-7-20-46(45)51)40-28-27-36-13-4-5-14-39(36)35-40)42-31-29-37(30-32-42)44-22-10-15-38-16-11-23-48(53(38)44)50-25-12-24-49-47-21-8-9-26-52(47)56-54(49)50/h1-35H. The van der Waals surface area contributed by atoms with Crippen molar-refractivity contribution in [2.24, 2.45) is 0 Å². The Kier molecular flexibility index (Phi) is 7.53. The van der Waals surface area contributed by atoms with Gasteiger partial charge in [-0.25, -0.2) is 0 Å². The third-order valence-corrected chi connectivity index (χ3v) is 11.3. The molecule has 10 aromatic carbocycles. The second-order valence-electron chi connectivity index (χ2n) is 14.4. The Labute approximate surface area is 325 Å². The number of nitrogens with zero attached hydrogens (tertiary/aromatic N) is 1. The molecule has 2 nitrogen and oxygen atoms in total. The predicted molar refractivity (Wildman–Crippen MR) is 237 cm³/mol. The molecule has 11 rings (SSSR count). The van der Waals surface area contributed by atoms with Crippen molar-refractivity contribution < 1.29 is 4.42 Å². The number of fused-ring (bicyclic) bond motifs is 6. The first-order valence-electron chi connectivity index (χ1n) is 19.2. The zero-order valence-electron chi connectivity index (χ0n) is 30.6. The Hall–Kier alpha value is -7.42. The van der Waals surface area contributed by atoms with E-state index in [4.69, 9.17) is 4.42 Å². The molecule has 0 radical (unpaired) electrons. The van der Waals surface area contributed by atoms with Crippen LogP contribution < -0.4 is 4.90 Å². The number of para-hydroxylation sites is 3. The fourth-order valence-corrected chi connectivity index (χ4v) is 8.65. The molecule has 0 saturated carbocycles. The molecule has 1 aromatic heterocycles. The van der Waals surface area contributed by atoms with E-state index in [1.807, 2.05) is 6.07 Å². The van der Waals surface area contributed by atoms with E-state index < -0.39 is 0 Å². The number of furan rings is 1. The van der Waals surface area contributed by atoms with E-state index in [9.17, 15) is 0 Å². The summed E-state index contributed by atoms with van der Waals surface area (Å²) in [4.78, 5) is 2.38. The van der Waals surface area contributed by atoms with Crippen molar-refractivity contribution in [2.45, 2.75) is 0 Å². The SMILES string of the molecule is c1ccc(N(c2ccc(-c3cccc4cccc(-c5cccc6c5oc5ccccc56)c34)cc2)c2ccc(-c3ccc4ccccc4c3)c3ccccc23)cc1. The van der Waals surface area contributed by atoms with Crippen molar-refractivity contribution in [3.63, 3.8) is 0 Å². The molecule has 0 amide bonds. The lowest BCUT2D eigenvalue weighted by atomic mass is 9.90. The average molecular weight is 714 g/mol. The lowest BCUT2D eigenvalue weighted by molar-refractivity contribution is 0.670. The van der Waals surface area contributed by atoms with Crippen LogP contribution in [-0.2, 0) is 0 Å². The van der Waals surface area contributed by atoms with Gasteiger partial charge in [-0.05, 0) is 97.2 Å². The summed E-state index contributed by atoms with van der Waals surface area (Å²) >= 11 is 0. The molecule has 0 aliphatic carbocycles. The van der Waals surface area contributed by atoms with Crippen LogP contribution in [0.2, 0.25) is 0 Å². The molecule has 0 atom stereocenters. The average Bonchev–Trinajstić information content (AvgIpc) is 3.66. The fourth-order valence-electron chi connectivity index (χ4n) is 8.65. The molecular formula is C54H35NO. The van der Waals surface area contributed by atoms with E-state index in [1.54, 1.807) is 0 Å². The Morgan fingerprint density at radius 1 is 0.321 bits per heavy atom. The summed E-state index contributed by atoms with van der Waals surface area (Å²) in [6.45, 7) is 0. The molecule has 0 fully saturated rings. The highest BCUT2D eigenvalue weighted by Gasteiger charge is 2.19. The van der Waals surface area contributed by atoms with Crippen molar-refractivity contribution in [1.29, 1.82) is 0 Å². The molecule has 0 aliphatic rings. The van der Waals surface area contributed by atoms with Crippen LogP contribution in [0.25, 0.3) is 87.6 Å². The third-order valence-electron chi connectivity index (χ3n) is 11.3. The summed E-state index contributed by atoms with van der Waals surface area (Å²) in [5.74, 6) is 0. The van der Waals surface area contributed by atoms with Crippen LogP contribution in [-0.4, -0.2) is 0 Å². The van der Waals surface area contributed by atoms with Crippen LogP contribution in [0.3, 0.4) is 0 Å². The largest absolute Gasteiger partial charge is 0.455 e. The monoisotopic (exact) mass is 713 g/mol. The first-order chi connectivity index (χ1) is 27.8. The van der Waals surface area contributed by atoms with Gasteiger partial charge in [0.25, 0.3) is 0 Å². The van der Waals surface area contributed by atoms with E-state index in [1.165, 1.54) is 49.0 Å². The number of hydrogen-bond acceptors (Lipinski definition) is 2. The highest BCUT2D eigenvalue weighted by molar-refractivity contribution is 6.15. The van der Waals surface area contributed by atoms with Gasteiger partial charge < -0.3 is 9.32 Å². The highest BCUT2D eigenvalue weighted by Crippen LogP contribution is 2.45. The molecule has 262 valence electrons. The maximum atomic E-state index is 6.53. The van der Waals surface area contributed by atoms with Crippen LogP contribution in [0.4, 0.5) is 17.1 Å². The number of benzene rings is 10. The minimum Gasteiger partial charge on any atom is -0.455 e. The molecule has 56 heavy (non-hydrogen) atoms. The van der Waals surface area contributed by atoms with Crippen molar-refractivity contribution in [3.05, 3.63) is 212 Å². The predicted octanol–water partition coefficient (Wildman–Crippen LogP) is 15.5. The lowest BCUT2D eigenvalue weighted by Crippen LogP contribution is -2.10. The molecule has 1 heterocycles. The molecule has 11 aromatic rings. The minimum atomic E-state index is 0.907. The number of hydrogen-bond donors (Lipinski definition) is 0. The highest BCUT2D eigenvalue weighted by atomic mass is 16.3. The van der Waals surface area contributed by atoms with Crippen LogP contribution in [0.5, 0.6) is 0 Å². The van der Waals surface area contributed by atoms with Crippen molar-refractivity contribution >= 4 is 71.3 Å². The van der Waals surface area contributed by atoms with E-state index in [0.717, 1.165) is 55.7 Å². The van der Waals surface area contributed by atoms with Gasteiger partial charge in [-0.3, -0.25) is 0 Å². The van der Waals surface area contributed by atoms with Gasteiger partial charge in [-0.15, -0.1) is 0 Å². The normalized spacial score (nSPS) is 11.6. The van der Waals surface area contributed by atoms with Gasteiger partial charge >= 0.3 is 0 Å². The zero-order valence-corrected chi connectivity index (χ0v) is 30.6. The summed E-state index contributed by atoms with van der Waals surface area (Å²) in [7, 11) is 0. The van der Waals surface area contributed by atoms with Crippen molar-refractivity contribution in [1.82, 2.24) is 0 Å². The first kappa shape index (κ1) is 32.0. The molecule has 0 saturated heterocycles. The molecule has 0 bridgehead atoms. The van der Waals surface area contributed by atoms with Crippen LogP contribution in [0.15, 0.2) is 217 Å². The van der Waals surface area contributed by atoms with Gasteiger partial charge in [0, 0.05) is 33.1 Å². The topological polar surface area (TPSA) is 16.4 Å². The van der Waals surface area contributed by atoms with Gasteiger partial charge in [0.15, 0.2) is 0 Å². The van der Waals surface area contributed by atoms with E-state index in [-0.39, 0.29) is 0 Å². The van der Waals surface area contributed by atoms with Crippen LogP contribution in [0.1, 0.15) is 0 Å². The van der Waals surface area contributed by atoms with Gasteiger partial charge in [-0.1, -0.05) is 170 Å². The molecular weight excluding hydrogens is 679 g/mol. The second kappa shape index (κ2) is 13.2. The van der Waals surface area contributed by atoms with Gasteiger partial charge in [-0.2, -0.15) is 0 Å². The Bertz CT molecular complexity index is 3240.